The third kappa shape index (κ3) is 4.51. The third-order valence-corrected chi connectivity index (χ3v) is 5.20. The largest absolute Gasteiger partial charge is 0.352 e. The van der Waals surface area contributed by atoms with E-state index in [0.29, 0.717) is 43.9 Å². The number of aromatic amines is 1. The topological polar surface area (TPSA) is 91.0 Å². The standard InChI is InChI=1S/C22H23N5O2/c28-21(24-15-16-6-2-1-3-7-16)17-9-12-27(13-10-17)22(29)20-14-19(25-26-20)18-8-4-5-11-23-18/h1-8,11,14,17H,9-10,12-13,15H2,(H,24,28)(H,25,26). The smallest absolute Gasteiger partial charge is 0.271 e. The lowest BCUT2D eigenvalue weighted by Gasteiger charge is -2.31. The van der Waals surface area contributed by atoms with Gasteiger partial charge in [0.05, 0.1) is 5.69 Å². The van der Waals surface area contributed by atoms with Crippen molar-refractivity contribution in [2.24, 2.45) is 5.92 Å². The van der Waals surface area contributed by atoms with Crippen LogP contribution in [0.25, 0.3) is 11.4 Å². The van der Waals surface area contributed by atoms with Crippen LogP contribution in [-0.4, -0.2) is 45.0 Å². The van der Waals surface area contributed by atoms with E-state index in [4.69, 9.17) is 0 Å². The van der Waals surface area contributed by atoms with Crippen molar-refractivity contribution < 1.29 is 9.59 Å². The second-order valence-electron chi connectivity index (χ2n) is 7.15. The molecule has 2 N–H and O–H groups in total. The van der Waals surface area contributed by atoms with E-state index in [2.05, 4.69) is 20.5 Å². The lowest BCUT2D eigenvalue weighted by molar-refractivity contribution is -0.126. The highest BCUT2D eigenvalue weighted by Crippen LogP contribution is 2.21. The van der Waals surface area contributed by atoms with Crippen molar-refractivity contribution in [3.63, 3.8) is 0 Å². The minimum Gasteiger partial charge on any atom is -0.352 e. The number of rotatable bonds is 5. The zero-order valence-corrected chi connectivity index (χ0v) is 16.0. The first kappa shape index (κ1) is 18.9. The fraction of sp³-hybridized carbons (Fsp3) is 0.273. The molecule has 0 saturated carbocycles. The molecule has 1 aromatic carbocycles. The molecule has 1 saturated heterocycles. The molecule has 0 aliphatic carbocycles. The van der Waals surface area contributed by atoms with Crippen molar-refractivity contribution in [1.29, 1.82) is 0 Å². The van der Waals surface area contributed by atoms with Crippen LogP contribution in [0.4, 0.5) is 0 Å². The van der Waals surface area contributed by atoms with Gasteiger partial charge in [-0.05, 0) is 36.6 Å². The highest BCUT2D eigenvalue weighted by molar-refractivity contribution is 5.93. The van der Waals surface area contributed by atoms with Gasteiger partial charge in [0, 0.05) is 31.7 Å². The van der Waals surface area contributed by atoms with Gasteiger partial charge in [0.1, 0.15) is 11.4 Å². The van der Waals surface area contributed by atoms with Crippen LogP contribution >= 0.6 is 0 Å². The van der Waals surface area contributed by atoms with E-state index in [1.165, 1.54) is 0 Å². The summed E-state index contributed by atoms with van der Waals surface area (Å²) in [4.78, 5) is 31.2. The normalized spacial score (nSPS) is 14.6. The Bertz CT molecular complexity index is 963. The zero-order valence-electron chi connectivity index (χ0n) is 16.0. The molecule has 0 unspecified atom stereocenters. The Morgan fingerprint density at radius 2 is 1.79 bits per heavy atom. The average Bonchev–Trinajstić information content (AvgIpc) is 3.29. The number of nitrogens with zero attached hydrogens (tertiary/aromatic N) is 3. The van der Waals surface area contributed by atoms with Gasteiger partial charge < -0.3 is 10.2 Å². The number of carbonyl (C=O) groups is 2. The van der Waals surface area contributed by atoms with Crippen molar-refractivity contribution in [3.8, 4) is 11.4 Å². The molecule has 1 fully saturated rings. The number of hydrogen-bond donors (Lipinski definition) is 2. The lowest BCUT2D eigenvalue weighted by Crippen LogP contribution is -2.43. The van der Waals surface area contributed by atoms with Crippen LogP contribution in [0.2, 0.25) is 0 Å². The summed E-state index contributed by atoms with van der Waals surface area (Å²) in [5, 5.41) is 10.0. The Hall–Kier alpha value is -3.48. The number of pyridine rings is 1. The van der Waals surface area contributed by atoms with E-state index in [9.17, 15) is 9.59 Å². The number of amides is 2. The molecule has 148 valence electrons. The SMILES string of the molecule is O=C(NCc1ccccc1)C1CCN(C(=O)c2cc(-c3ccccn3)n[nH]2)CC1. The first-order chi connectivity index (χ1) is 14.2. The van der Waals surface area contributed by atoms with Crippen LogP contribution in [-0.2, 0) is 11.3 Å². The Kier molecular flexibility index (Phi) is 5.65. The number of aromatic nitrogens is 3. The molecular formula is C22H23N5O2. The van der Waals surface area contributed by atoms with Crippen molar-refractivity contribution in [1.82, 2.24) is 25.4 Å². The fourth-order valence-electron chi connectivity index (χ4n) is 3.52. The molecule has 3 heterocycles. The molecule has 1 aliphatic heterocycles. The molecule has 0 atom stereocenters. The summed E-state index contributed by atoms with van der Waals surface area (Å²) in [7, 11) is 0. The number of piperidine rings is 1. The molecule has 0 radical (unpaired) electrons. The summed E-state index contributed by atoms with van der Waals surface area (Å²) < 4.78 is 0. The van der Waals surface area contributed by atoms with Gasteiger partial charge in [0.15, 0.2) is 0 Å². The predicted octanol–water partition coefficient (Wildman–Crippen LogP) is 2.64. The van der Waals surface area contributed by atoms with E-state index in [1.54, 1.807) is 17.2 Å². The number of carbonyl (C=O) groups excluding carboxylic acids is 2. The number of nitrogens with one attached hydrogen (secondary N) is 2. The van der Waals surface area contributed by atoms with Crippen LogP contribution in [0.15, 0.2) is 60.8 Å². The van der Waals surface area contributed by atoms with Crippen LogP contribution in [0.5, 0.6) is 0 Å². The van der Waals surface area contributed by atoms with Gasteiger partial charge in [-0.3, -0.25) is 19.7 Å². The Labute approximate surface area is 169 Å². The summed E-state index contributed by atoms with van der Waals surface area (Å²) in [6.45, 7) is 1.64. The van der Waals surface area contributed by atoms with Crippen molar-refractivity contribution in [3.05, 3.63) is 72.1 Å². The van der Waals surface area contributed by atoms with Gasteiger partial charge in [0.25, 0.3) is 5.91 Å². The Morgan fingerprint density at radius 3 is 2.52 bits per heavy atom. The number of H-pyrrole nitrogens is 1. The van der Waals surface area contributed by atoms with Crippen molar-refractivity contribution >= 4 is 11.8 Å². The quantitative estimate of drug-likeness (QED) is 0.702. The highest BCUT2D eigenvalue weighted by atomic mass is 16.2. The van der Waals surface area contributed by atoms with Crippen molar-refractivity contribution in [2.45, 2.75) is 19.4 Å². The second-order valence-corrected chi connectivity index (χ2v) is 7.15. The molecule has 1 aliphatic rings. The molecule has 2 aromatic heterocycles. The molecule has 0 spiro atoms. The molecular weight excluding hydrogens is 366 g/mol. The van der Waals surface area contributed by atoms with Crippen LogP contribution < -0.4 is 5.32 Å². The maximum atomic E-state index is 12.8. The molecule has 29 heavy (non-hydrogen) atoms. The van der Waals surface area contributed by atoms with Gasteiger partial charge in [-0.15, -0.1) is 0 Å². The first-order valence-corrected chi connectivity index (χ1v) is 9.78. The van der Waals surface area contributed by atoms with E-state index in [1.807, 2.05) is 48.5 Å². The highest BCUT2D eigenvalue weighted by Gasteiger charge is 2.28. The molecule has 2 amide bonds. The summed E-state index contributed by atoms with van der Waals surface area (Å²) in [6.07, 6.45) is 3.01. The summed E-state index contributed by atoms with van der Waals surface area (Å²) in [5.41, 5.74) is 2.88. The van der Waals surface area contributed by atoms with E-state index >= 15 is 0 Å². The lowest BCUT2D eigenvalue weighted by atomic mass is 9.95. The molecule has 7 heteroatoms. The number of hydrogen-bond acceptors (Lipinski definition) is 4. The van der Waals surface area contributed by atoms with Crippen LogP contribution in [0, 0.1) is 5.92 Å². The second kappa shape index (κ2) is 8.68. The molecule has 3 aromatic rings. The average molecular weight is 389 g/mol. The predicted molar refractivity (Wildman–Crippen MR) is 109 cm³/mol. The maximum Gasteiger partial charge on any atom is 0.271 e. The Morgan fingerprint density at radius 1 is 1.03 bits per heavy atom. The summed E-state index contributed by atoms with van der Waals surface area (Å²) >= 11 is 0. The molecule has 7 nitrogen and oxygen atoms in total. The maximum absolute atomic E-state index is 12.8. The monoisotopic (exact) mass is 389 g/mol. The van der Waals surface area contributed by atoms with Gasteiger partial charge in [-0.25, -0.2) is 0 Å². The number of benzene rings is 1. The first-order valence-electron chi connectivity index (χ1n) is 9.78. The van der Waals surface area contributed by atoms with E-state index < -0.39 is 0 Å². The third-order valence-electron chi connectivity index (χ3n) is 5.20. The van der Waals surface area contributed by atoms with Gasteiger partial charge in [-0.2, -0.15) is 5.10 Å². The summed E-state index contributed by atoms with van der Waals surface area (Å²) in [5.74, 6) is -0.101. The van der Waals surface area contributed by atoms with Gasteiger partial charge in [0.2, 0.25) is 5.91 Å². The number of likely N-dealkylation sites (tertiary alicyclic amines) is 1. The van der Waals surface area contributed by atoms with Crippen molar-refractivity contribution in [2.75, 3.05) is 13.1 Å². The van der Waals surface area contributed by atoms with Gasteiger partial charge >= 0.3 is 0 Å². The van der Waals surface area contributed by atoms with Gasteiger partial charge in [-0.1, -0.05) is 36.4 Å². The Balaban J connectivity index is 1.29. The minimum absolute atomic E-state index is 0.0555. The minimum atomic E-state index is -0.0946. The van der Waals surface area contributed by atoms with E-state index in [0.717, 1.165) is 11.3 Å². The molecule has 0 bridgehead atoms. The van der Waals surface area contributed by atoms with E-state index in [-0.39, 0.29) is 17.7 Å². The molecule has 4 rings (SSSR count). The summed E-state index contributed by atoms with van der Waals surface area (Å²) in [6, 6.07) is 17.1. The van der Waals surface area contributed by atoms with Crippen LogP contribution in [0.3, 0.4) is 0 Å². The zero-order chi connectivity index (χ0) is 20.1. The van der Waals surface area contributed by atoms with Crippen LogP contribution in [0.1, 0.15) is 28.9 Å². The fourth-order valence-corrected chi connectivity index (χ4v) is 3.52.